The van der Waals surface area contributed by atoms with Crippen LogP contribution in [0.2, 0.25) is 0 Å². The summed E-state index contributed by atoms with van der Waals surface area (Å²) in [5.74, 6) is 0.724. The maximum atomic E-state index is 12.9. The van der Waals surface area contributed by atoms with E-state index >= 15 is 0 Å². The van der Waals surface area contributed by atoms with Gasteiger partial charge in [0.15, 0.2) is 11.6 Å². The summed E-state index contributed by atoms with van der Waals surface area (Å²) in [6.07, 6.45) is 42.8. The van der Waals surface area contributed by atoms with Crippen LogP contribution in [-0.2, 0) is 26.4 Å². The van der Waals surface area contributed by atoms with Gasteiger partial charge in [0.1, 0.15) is 0 Å². The van der Waals surface area contributed by atoms with Gasteiger partial charge >= 0.3 is 10.4 Å². The molecule has 0 saturated heterocycles. The number of amides is 1. The average molecular weight is 770 g/mol. The first-order chi connectivity index (χ1) is 25.6. The van der Waals surface area contributed by atoms with Gasteiger partial charge in [-0.25, -0.2) is 4.98 Å². The van der Waals surface area contributed by atoms with E-state index in [1.165, 1.54) is 167 Å². The van der Waals surface area contributed by atoms with Crippen molar-refractivity contribution >= 4 is 22.1 Å². The number of imidazole rings is 1. The standard InChI is InChI=1S/C42H79N3O2.CH4O4S/c1-5-7-9-11-13-15-17-19-21-23-25-27-29-31-33-35-40(46)42-44-39(37-45(42)4)38(3)43-41(47)36-34-32-30-28-26-24-22-20-18-16-14-12-10-8-6-2;1-5-6(2,3)4/h37-38H,5-36H2,1-4H3,(H,43,47);1H3,(H,2,3,4). The number of aromatic nitrogens is 2. The van der Waals surface area contributed by atoms with Crippen LogP contribution in [0.5, 0.6) is 0 Å². The number of hydrogen-bond acceptors (Lipinski definition) is 6. The molecule has 0 bridgehead atoms. The number of rotatable bonds is 36. The summed E-state index contributed by atoms with van der Waals surface area (Å²) in [5.41, 5.74) is 0.775. The zero-order valence-electron chi connectivity index (χ0n) is 35.1. The zero-order chi connectivity index (χ0) is 39.4. The second kappa shape index (κ2) is 35.9. The SMILES string of the molecule is CCCCCCCCCCCCCCCCCC(=O)NC(C)c1cn(C)c(C(=O)CCCCCCCCCCCCCCCCC)n1.COS(=O)(=O)O. The Morgan fingerprint density at radius 1 is 0.642 bits per heavy atom. The fourth-order valence-electron chi connectivity index (χ4n) is 6.77. The molecule has 1 amide bonds. The van der Waals surface area contributed by atoms with Gasteiger partial charge in [-0.15, -0.1) is 0 Å². The monoisotopic (exact) mass is 770 g/mol. The van der Waals surface area contributed by atoms with E-state index in [0.717, 1.165) is 38.5 Å². The van der Waals surface area contributed by atoms with Gasteiger partial charge in [-0.2, -0.15) is 8.42 Å². The van der Waals surface area contributed by atoms with Crippen LogP contribution >= 0.6 is 0 Å². The van der Waals surface area contributed by atoms with Gasteiger partial charge in [0, 0.05) is 26.1 Å². The van der Waals surface area contributed by atoms with Crippen molar-refractivity contribution < 1.29 is 26.7 Å². The molecule has 0 radical (unpaired) electrons. The van der Waals surface area contributed by atoms with E-state index in [1.807, 2.05) is 24.7 Å². The summed E-state index contributed by atoms with van der Waals surface area (Å²) in [7, 11) is -1.40. The number of nitrogens with one attached hydrogen (secondary N) is 1. The Balaban J connectivity index is 0.00000413. The van der Waals surface area contributed by atoms with Gasteiger partial charge in [0.05, 0.1) is 18.8 Å². The number of unbranched alkanes of at least 4 members (excludes halogenated alkanes) is 28. The normalized spacial score (nSPS) is 12.0. The summed E-state index contributed by atoms with van der Waals surface area (Å²) in [5, 5.41) is 3.10. The third-order valence-corrected chi connectivity index (χ3v) is 10.6. The molecule has 0 spiro atoms. The third-order valence-electron chi connectivity index (χ3n) is 10.2. The molecule has 0 fully saturated rings. The largest absolute Gasteiger partial charge is 0.397 e. The molecular weight excluding hydrogens is 687 g/mol. The van der Waals surface area contributed by atoms with Crippen molar-refractivity contribution in [1.29, 1.82) is 0 Å². The molecule has 1 aromatic rings. The Hall–Kier alpha value is -1.78. The Morgan fingerprint density at radius 3 is 1.26 bits per heavy atom. The highest BCUT2D eigenvalue weighted by Crippen LogP contribution is 2.18. The zero-order valence-corrected chi connectivity index (χ0v) is 35.9. The smallest absolute Gasteiger partial charge is 0.348 e. The lowest BCUT2D eigenvalue weighted by molar-refractivity contribution is -0.121. The van der Waals surface area contributed by atoms with Crippen molar-refractivity contribution in [2.75, 3.05) is 7.11 Å². The van der Waals surface area contributed by atoms with Crippen LogP contribution in [0.4, 0.5) is 0 Å². The first kappa shape index (κ1) is 51.2. The van der Waals surface area contributed by atoms with Crippen molar-refractivity contribution in [3.05, 3.63) is 17.7 Å². The molecule has 9 nitrogen and oxygen atoms in total. The van der Waals surface area contributed by atoms with E-state index in [0.29, 0.717) is 18.7 Å². The van der Waals surface area contributed by atoms with Crippen molar-refractivity contribution in [2.24, 2.45) is 7.05 Å². The van der Waals surface area contributed by atoms with Crippen LogP contribution < -0.4 is 5.32 Å². The number of nitrogens with zero attached hydrogens (tertiary/aromatic N) is 2. The lowest BCUT2D eigenvalue weighted by Crippen LogP contribution is -2.26. The molecule has 0 aromatic carbocycles. The highest BCUT2D eigenvalue weighted by atomic mass is 32.3. The van der Waals surface area contributed by atoms with E-state index in [-0.39, 0.29) is 17.7 Å². The number of aryl methyl sites for hydroxylation is 1. The van der Waals surface area contributed by atoms with Crippen molar-refractivity contribution in [3.63, 3.8) is 0 Å². The Morgan fingerprint density at radius 2 is 0.943 bits per heavy atom. The second-order valence-electron chi connectivity index (χ2n) is 15.3. The Kier molecular flexibility index (Phi) is 34.7. The highest BCUT2D eigenvalue weighted by Gasteiger charge is 2.18. The molecule has 0 aliphatic rings. The van der Waals surface area contributed by atoms with E-state index in [2.05, 4.69) is 28.3 Å². The minimum Gasteiger partial charge on any atom is -0.348 e. The van der Waals surface area contributed by atoms with Crippen molar-refractivity contribution in [1.82, 2.24) is 14.9 Å². The Bertz CT molecular complexity index is 1110. The summed E-state index contributed by atoms with van der Waals surface area (Å²) in [4.78, 5) is 30.0. The minimum atomic E-state index is -4.16. The summed E-state index contributed by atoms with van der Waals surface area (Å²) >= 11 is 0. The summed E-state index contributed by atoms with van der Waals surface area (Å²) < 4.78 is 31.5. The van der Waals surface area contributed by atoms with E-state index < -0.39 is 10.4 Å². The first-order valence-electron chi connectivity index (χ1n) is 21.9. The molecule has 312 valence electrons. The third kappa shape index (κ3) is 33.3. The first-order valence-corrected chi connectivity index (χ1v) is 23.3. The van der Waals surface area contributed by atoms with Gasteiger partial charge in [-0.1, -0.05) is 194 Å². The molecule has 2 N–H and O–H groups in total. The average Bonchev–Trinajstić information content (AvgIpc) is 3.53. The number of ketones is 1. The van der Waals surface area contributed by atoms with Gasteiger partial charge in [0.25, 0.3) is 0 Å². The lowest BCUT2D eigenvalue weighted by atomic mass is 10.0. The quantitative estimate of drug-likeness (QED) is 0.0395. The van der Waals surface area contributed by atoms with Crippen LogP contribution in [0.1, 0.15) is 249 Å². The highest BCUT2D eigenvalue weighted by molar-refractivity contribution is 7.80. The molecule has 1 heterocycles. The van der Waals surface area contributed by atoms with Crippen LogP contribution in [0.15, 0.2) is 6.20 Å². The predicted molar refractivity (Wildman–Crippen MR) is 222 cm³/mol. The van der Waals surface area contributed by atoms with Crippen LogP contribution in [0.3, 0.4) is 0 Å². The summed E-state index contributed by atoms with van der Waals surface area (Å²) in [6, 6.07) is -0.183. The fourth-order valence-corrected chi connectivity index (χ4v) is 6.77. The molecule has 53 heavy (non-hydrogen) atoms. The van der Waals surface area contributed by atoms with Gasteiger partial charge in [0.2, 0.25) is 5.91 Å². The number of carbonyl (C=O) groups is 2. The number of Topliss-reactive ketones (excluding diaryl/α,β-unsaturated/α-hetero) is 1. The topological polar surface area (TPSA) is 128 Å². The molecule has 1 unspecified atom stereocenters. The lowest BCUT2D eigenvalue weighted by Gasteiger charge is -2.11. The molecule has 0 aliphatic heterocycles. The van der Waals surface area contributed by atoms with Crippen LogP contribution in [-0.4, -0.2) is 41.3 Å². The maximum Gasteiger partial charge on any atom is 0.397 e. The minimum absolute atomic E-state index is 0.0866. The summed E-state index contributed by atoms with van der Waals surface area (Å²) in [6.45, 7) is 6.53. The molecule has 1 aromatic heterocycles. The molecule has 1 rings (SSSR count). The second-order valence-corrected chi connectivity index (χ2v) is 16.5. The Labute approximate surface area is 326 Å². The molecule has 0 aliphatic carbocycles. The molecule has 0 saturated carbocycles. The van der Waals surface area contributed by atoms with Crippen LogP contribution in [0.25, 0.3) is 0 Å². The van der Waals surface area contributed by atoms with E-state index in [9.17, 15) is 18.0 Å². The molecule has 10 heteroatoms. The fraction of sp³-hybridized carbons (Fsp3) is 0.884. The van der Waals surface area contributed by atoms with Crippen molar-refractivity contribution in [2.45, 2.75) is 232 Å². The van der Waals surface area contributed by atoms with Gasteiger partial charge in [-0.05, 0) is 19.8 Å². The van der Waals surface area contributed by atoms with Crippen molar-refractivity contribution in [3.8, 4) is 0 Å². The van der Waals surface area contributed by atoms with E-state index in [1.54, 1.807) is 0 Å². The molecular formula is C43H83N3O6S. The van der Waals surface area contributed by atoms with Crippen LogP contribution in [0, 0.1) is 0 Å². The van der Waals surface area contributed by atoms with Gasteiger partial charge < -0.3 is 9.88 Å². The van der Waals surface area contributed by atoms with E-state index in [4.69, 9.17) is 4.55 Å². The van der Waals surface area contributed by atoms with Gasteiger partial charge in [-0.3, -0.25) is 18.3 Å². The predicted octanol–water partition coefficient (Wildman–Crippen LogP) is 12.7. The maximum absolute atomic E-state index is 12.9. The number of hydrogen-bond donors (Lipinski definition) is 2. The molecule has 1 atom stereocenters. The number of carbonyl (C=O) groups excluding carboxylic acids is 2.